The van der Waals surface area contributed by atoms with Crippen LogP contribution >= 0.6 is 0 Å². The maximum absolute atomic E-state index is 12.9. The summed E-state index contributed by atoms with van der Waals surface area (Å²) >= 11 is 0. The highest BCUT2D eigenvalue weighted by Gasteiger charge is 2.15. The number of alkyl halides is 2. The third kappa shape index (κ3) is 3.89. The Balaban J connectivity index is 1.57. The van der Waals surface area contributed by atoms with Gasteiger partial charge in [-0.2, -0.15) is 5.10 Å². The predicted octanol–water partition coefficient (Wildman–Crippen LogP) is 4.72. The Morgan fingerprint density at radius 3 is 2.87 bits per heavy atom. The van der Waals surface area contributed by atoms with Crippen molar-refractivity contribution in [1.82, 2.24) is 20.5 Å². The summed E-state index contributed by atoms with van der Waals surface area (Å²) in [6, 6.07) is 12.0. The average molecular weight is 410 g/mol. The molecule has 0 bridgehead atoms. The molecular weight excluding hydrogens is 390 g/mol. The van der Waals surface area contributed by atoms with Crippen molar-refractivity contribution in [3.63, 3.8) is 0 Å². The smallest absolute Gasteiger partial charge is 0.263 e. The molecule has 0 aliphatic carbocycles. The van der Waals surface area contributed by atoms with E-state index in [9.17, 15) is 13.6 Å². The van der Waals surface area contributed by atoms with Crippen molar-refractivity contribution in [2.45, 2.75) is 13.3 Å². The second-order valence-corrected chi connectivity index (χ2v) is 6.72. The van der Waals surface area contributed by atoms with Crippen molar-refractivity contribution < 1.29 is 18.3 Å². The molecule has 0 aliphatic rings. The molecule has 6 nitrogen and oxygen atoms in total. The standard InChI is InChI=1S/C22H20F2N4O2/c1-2-4-20(29)25-9-10-30-19-6-3-5-16-15(19)12-18(26-16)21-14-8-7-13(22(23)24)11-17(14)27-28-21/h2-8,11-12,22,26H,9-10H2,1H3,(H,25,29)(H,27,28)/b4-2+. The second kappa shape index (κ2) is 8.36. The largest absolute Gasteiger partial charge is 0.491 e. The van der Waals surface area contributed by atoms with Crippen molar-refractivity contribution in [2.24, 2.45) is 0 Å². The molecule has 4 aromatic rings. The highest BCUT2D eigenvalue weighted by atomic mass is 19.3. The van der Waals surface area contributed by atoms with Crippen molar-refractivity contribution >= 4 is 27.7 Å². The van der Waals surface area contributed by atoms with Gasteiger partial charge in [-0.05, 0) is 37.3 Å². The Kier molecular flexibility index (Phi) is 5.47. The van der Waals surface area contributed by atoms with Crippen LogP contribution in [-0.2, 0) is 4.79 Å². The number of carbonyl (C=O) groups is 1. The second-order valence-electron chi connectivity index (χ2n) is 6.72. The number of H-pyrrole nitrogens is 2. The third-order valence-electron chi connectivity index (χ3n) is 4.70. The first-order valence-electron chi connectivity index (χ1n) is 9.48. The number of fused-ring (bicyclic) bond motifs is 2. The Hall–Kier alpha value is -3.68. The lowest BCUT2D eigenvalue weighted by Gasteiger charge is -2.07. The highest BCUT2D eigenvalue weighted by Crippen LogP contribution is 2.33. The number of amides is 1. The monoisotopic (exact) mass is 410 g/mol. The van der Waals surface area contributed by atoms with Gasteiger partial charge in [-0.3, -0.25) is 9.89 Å². The van der Waals surface area contributed by atoms with Crippen LogP contribution in [0.15, 0.2) is 54.6 Å². The molecule has 0 aliphatic heterocycles. The van der Waals surface area contributed by atoms with E-state index in [0.29, 0.717) is 30.1 Å². The van der Waals surface area contributed by atoms with Crippen LogP contribution < -0.4 is 10.1 Å². The van der Waals surface area contributed by atoms with Crippen molar-refractivity contribution in [3.8, 4) is 17.1 Å². The van der Waals surface area contributed by atoms with E-state index < -0.39 is 6.43 Å². The number of hydrogen-bond donors (Lipinski definition) is 3. The van der Waals surface area contributed by atoms with Crippen LogP contribution in [0.3, 0.4) is 0 Å². The zero-order valence-electron chi connectivity index (χ0n) is 16.2. The number of rotatable bonds is 7. The van der Waals surface area contributed by atoms with Gasteiger partial charge in [0.15, 0.2) is 0 Å². The summed E-state index contributed by atoms with van der Waals surface area (Å²) in [6.45, 7) is 2.48. The molecular formula is C22H20F2N4O2. The topological polar surface area (TPSA) is 82.8 Å². The van der Waals surface area contributed by atoms with E-state index in [1.165, 1.54) is 18.2 Å². The van der Waals surface area contributed by atoms with Gasteiger partial charge in [0.05, 0.1) is 17.8 Å². The van der Waals surface area contributed by atoms with E-state index in [-0.39, 0.29) is 11.5 Å². The van der Waals surface area contributed by atoms with Crippen LogP contribution in [0.25, 0.3) is 33.2 Å². The molecule has 0 atom stereocenters. The fourth-order valence-corrected chi connectivity index (χ4v) is 3.30. The number of aromatic amines is 2. The first-order chi connectivity index (χ1) is 14.6. The van der Waals surface area contributed by atoms with Crippen LogP contribution in [0.2, 0.25) is 0 Å². The van der Waals surface area contributed by atoms with Crippen molar-refractivity contribution in [2.75, 3.05) is 13.2 Å². The van der Waals surface area contributed by atoms with Gasteiger partial charge in [-0.1, -0.05) is 24.3 Å². The number of aromatic nitrogens is 3. The van der Waals surface area contributed by atoms with Crippen LogP contribution in [0.5, 0.6) is 5.75 Å². The number of allylic oxidation sites excluding steroid dienone is 1. The van der Waals surface area contributed by atoms with Gasteiger partial charge < -0.3 is 15.0 Å². The maximum atomic E-state index is 12.9. The summed E-state index contributed by atoms with van der Waals surface area (Å²) in [5.74, 6) is 0.513. The fraction of sp³-hybridized carbons (Fsp3) is 0.182. The number of ether oxygens (including phenoxy) is 1. The number of benzene rings is 2. The van der Waals surface area contributed by atoms with Gasteiger partial charge >= 0.3 is 0 Å². The molecule has 154 valence electrons. The van der Waals surface area contributed by atoms with Gasteiger partial charge in [-0.15, -0.1) is 0 Å². The van der Waals surface area contributed by atoms with E-state index in [1.807, 2.05) is 24.3 Å². The minimum absolute atomic E-state index is 0.0495. The molecule has 4 rings (SSSR count). The molecule has 0 unspecified atom stereocenters. The lowest BCUT2D eigenvalue weighted by molar-refractivity contribution is -0.116. The predicted molar refractivity (Wildman–Crippen MR) is 112 cm³/mol. The van der Waals surface area contributed by atoms with Crippen molar-refractivity contribution in [3.05, 3.63) is 60.2 Å². The van der Waals surface area contributed by atoms with Crippen LogP contribution in [0, 0.1) is 0 Å². The normalized spacial score (nSPS) is 11.7. The van der Waals surface area contributed by atoms with Gasteiger partial charge in [0.1, 0.15) is 18.1 Å². The van der Waals surface area contributed by atoms with Crippen molar-refractivity contribution in [1.29, 1.82) is 0 Å². The molecule has 3 N–H and O–H groups in total. The molecule has 2 heterocycles. The maximum Gasteiger partial charge on any atom is 0.263 e. The molecule has 1 amide bonds. The summed E-state index contributed by atoms with van der Waals surface area (Å²) < 4.78 is 31.7. The lowest BCUT2D eigenvalue weighted by atomic mass is 10.1. The first-order valence-corrected chi connectivity index (χ1v) is 9.48. The molecule has 8 heteroatoms. The highest BCUT2D eigenvalue weighted by molar-refractivity contribution is 5.97. The third-order valence-corrected chi connectivity index (χ3v) is 4.70. The van der Waals surface area contributed by atoms with Crippen LogP contribution in [0.4, 0.5) is 8.78 Å². The summed E-state index contributed by atoms with van der Waals surface area (Å²) in [5.41, 5.74) is 2.76. The van der Waals surface area contributed by atoms with E-state index in [0.717, 1.165) is 22.0 Å². The number of hydrogen-bond acceptors (Lipinski definition) is 3. The molecule has 2 aromatic heterocycles. The average Bonchev–Trinajstić information content (AvgIpc) is 3.35. The molecule has 30 heavy (non-hydrogen) atoms. The minimum Gasteiger partial charge on any atom is -0.491 e. The summed E-state index contributed by atoms with van der Waals surface area (Å²) in [5, 5.41) is 11.5. The molecule has 0 saturated heterocycles. The lowest BCUT2D eigenvalue weighted by Crippen LogP contribution is -2.26. The number of halogens is 2. The Morgan fingerprint density at radius 2 is 2.07 bits per heavy atom. The van der Waals surface area contributed by atoms with Crippen LogP contribution in [-0.4, -0.2) is 34.2 Å². The SMILES string of the molecule is C/C=C/C(=O)NCCOc1cccc2[nH]c(-c3n[nH]c4cc(C(F)F)ccc34)cc12. The van der Waals surface area contributed by atoms with Gasteiger partial charge in [0, 0.05) is 21.9 Å². The minimum atomic E-state index is -2.53. The zero-order valence-corrected chi connectivity index (χ0v) is 16.2. The summed E-state index contributed by atoms with van der Waals surface area (Å²) in [6.07, 6.45) is 0.597. The number of nitrogens with zero attached hydrogens (tertiary/aromatic N) is 1. The fourth-order valence-electron chi connectivity index (χ4n) is 3.30. The Labute approximate surface area is 170 Å². The molecule has 2 aromatic carbocycles. The Bertz CT molecular complexity index is 1230. The van der Waals surface area contributed by atoms with E-state index >= 15 is 0 Å². The number of carbonyl (C=O) groups excluding carboxylic acids is 1. The van der Waals surface area contributed by atoms with Crippen LogP contribution in [0.1, 0.15) is 18.9 Å². The summed E-state index contributed by atoms with van der Waals surface area (Å²) in [4.78, 5) is 14.8. The molecule has 0 saturated carbocycles. The number of nitrogens with one attached hydrogen (secondary N) is 3. The molecule has 0 radical (unpaired) electrons. The summed E-state index contributed by atoms with van der Waals surface area (Å²) in [7, 11) is 0. The van der Waals surface area contributed by atoms with E-state index in [4.69, 9.17) is 4.74 Å². The first kappa shape index (κ1) is 19.6. The molecule has 0 spiro atoms. The van der Waals surface area contributed by atoms with E-state index in [1.54, 1.807) is 19.1 Å². The Morgan fingerprint density at radius 1 is 1.20 bits per heavy atom. The van der Waals surface area contributed by atoms with Gasteiger partial charge in [0.25, 0.3) is 6.43 Å². The molecule has 0 fully saturated rings. The van der Waals surface area contributed by atoms with Gasteiger partial charge in [0.2, 0.25) is 5.91 Å². The zero-order chi connectivity index (χ0) is 21.1. The van der Waals surface area contributed by atoms with Gasteiger partial charge in [-0.25, -0.2) is 8.78 Å². The quantitative estimate of drug-likeness (QED) is 0.305. The van der Waals surface area contributed by atoms with E-state index in [2.05, 4.69) is 20.5 Å².